The molecule has 0 bridgehead atoms. The van der Waals surface area contributed by atoms with E-state index < -0.39 is 0 Å². The minimum atomic E-state index is -0.292. The van der Waals surface area contributed by atoms with Crippen LogP contribution in [-0.4, -0.2) is 35.3 Å². The summed E-state index contributed by atoms with van der Waals surface area (Å²) >= 11 is 0. The number of ether oxygens (including phenoxy) is 1. The first-order valence-corrected chi connectivity index (χ1v) is 7.90. The average Bonchev–Trinajstić information content (AvgIpc) is 2.90. The summed E-state index contributed by atoms with van der Waals surface area (Å²) in [6.07, 6.45) is 0.533. The van der Waals surface area contributed by atoms with E-state index in [0.29, 0.717) is 13.2 Å². The topological polar surface area (TPSA) is 32.7 Å². The van der Waals surface area contributed by atoms with Crippen molar-refractivity contribution < 1.29 is 9.84 Å². The fourth-order valence-corrected chi connectivity index (χ4v) is 3.00. The number of rotatable bonds is 6. The maximum absolute atomic E-state index is 10.2. The molecule has 3 nitrogen and oxygen atoms in total. The molecule has 1 saturated heterocycles. The summed E-state index contributed by atoms with van der Waals surface area (Å²) in [4.78, 5) is 2.32. The van der Waals surface area contributed by atoms with Crippen LogP contribution in [0.4, 0.5) is 0 Å². The molecule has 22 heavy (non-hydrogen) atoms. The number of nitrogens with zero attached hydrogens (tertiary/aromatic N) is 1. The average molecular weight is 297 g/mol. The number of benzene rings is 2. The van der Waals surface area contributed by atoms with Gasteiger partial charge in [-0.15, -0.1) is 0 Å². The molecule has 0 aromatic heterocycles. The highest BCUT2D eigenvalue weighted by atomic mass is 16.5. The van der Waals surface area contributed by atoms with Gasteiger partial charge in [0.2, 0.25) is 0 Å². The molecule has 0 aliphatic carbocycles. The molecule has 1 aliphatic heterocycles. The van der Waals surface area contributed by atoms with Crippen molar-refractivity contribution in [2.45, 2.75) is 31.7 Å². The first-order valence-electron chi connectivity index (χ1n) is 7.90. The molecule has 1 aliphatic rings. The van der Waals surface area contributed by atoms with Crippen molar-refractivity contribution in [3.05, 3.63) is 71.8 Å². The van der Waals surface area contributed by atoms with Gasteiger partial charge in [0.15, 0.2) is 0 Å². The van der Waals surface area contributed by atoms with Gasteiger partial charge in [0.05, 0.1) is 25.4 Å². The lowest BCUT2D eigenvalue weighted by Crippen LogP contribution is -2.38. The van der Waals surface area contributed by atoms with Crippen molar-refractivity contribution >= 4 is 0 Å². The molecule has 0 saturated carbocycles. The Morgan fingerprint density at radius 2 is 1.59 bits per heavy atom. The summed E-state index contributed by atoms with van der Waals surface area (Å²) < 4.78 is 5.84. The van der Waals surface area contributed by atoms with Gasteiger partial charge in [-0.25, -0.2) is 0 Å². The van der Waals surface area contributed by atoms with Crippen LogP contribution in [0.25, 0.3) is 0 Å². The Kier molecular flexibility index (Phi) is 5.22. The number of aliphatic hydroxyl groups is 1. The first-order chi connectivity index (χ1) is 10.8. The second kappa shape index (κ2) is 7.54. The maximum atomic E-state index is 10.2. The molecule has 3 rings (SSSR count). The second-order valence-electron chi connectivity index (χ2n) is 5.88. The van der Waals surface area contributed by atoms with Gasteiger partial charge in [0, 0.05) is 13.1 Å². The molecule has 1 N–H and O–H groups in total. The molecular weight excluding hydrogens is 274 g/mol. The van der Waals surface area contributed by atoms with Crippen molar-refractivity contribution in [1.82, 2.24) is 4.90 Å². The minimum absolute atomic E-state index is 0.0870. The van der Waals surface area contributed by atoms with Crippen LogP contribution in [0.2, 0.25) is 0 Å². The van der Waals surface area contributed by atoms with Gasteiger partial charge in [0.1, 0.15) is 0 Å². The van der Waals surface area contributed by atoms with Crippen LogP contribution in [-0.2, 0) is 17.9 Å². The minimum Gasteiger partial charge on any atom is -0.391 e. The monoisotopic (exact) mass is 297 g/mol. The predicted molar refractivity (Wildman–Crippen MR) is 87.4 cm³/mol. The highest BCUT2D eigenvalue weighted by molar-refractivity contribution is 5.15. The van der Waals surface area contributed by atoms with E-state index in [2.05, 4.69) is 41.3 Å². The molecule has 2 aromatic rings. The quantitative estimate of drug-likeness (QED) is 0.890. The zero-order valence-electron chi connectivity index (χ0n) is 12.8. The van der Waals surface area contributed by atoms with Gasteiger partial charge in [-0.3, -0.25) is 4.90 Å². The third-order valence-corrected chi connectivity index (χ3v) is 4.25. The SMILES string of the molecule is O[C@H]1CCN(Cc2ccccc2)[C@@H]1COCc1ccccc1. The Hall–Kier alpha value is -1.68. The molecular formula is C19H23NO2. The summed E-state index contributed by atoms with van der Waals surface area (Å²) in [7, 11) is 0. The van der Waals surface area contributed by atoms with Crippen molar-refractivity contribution in [3.63, 3.8) is 0 Å². The zero-order valence-corrected chi connectivity index (χ0v) is 12.8. The zero-order chi connectivity index (χ0) is 15.2. The third kappa shape index (κ3) is 3.95. The molecule has 2 aromatic carbocycles. The Morgan fingerprint density at radius 3 is 2.27 bits per heavy atom. The van der Waals surface area contributed by atoms with Crippen molar-refractivity contribution in [1.29, 1.82) is 0 Å². The van der Waals surface area contributed by atoms with E-state index in [4.69, 9.17) is 4.74 Å². The molecule has 1 fully saturated rings. The summed E-state index contributed by atoms with van der Waals surface area (Å²) in [6, 6.07) is 20.7. The van der Waals surface area contributed by atoms with E-state index in [0.717, 1.165) is 19.5 Å². The van der Waals surface area contributed by atoms with Gasteiger partial charge in [-0.2, -0.15) is 0 Å². The van der Waals surface area contributed by atoms with E-state index in [1.54, 1.807) is 0 Å². The third-order valence-electron chi connectivity index (χ3n) is 4.25. The van der Waals surface area contributed by atoms with Crippen molar-refractivity contribution in [2.24, 2.45) is 0 Å². The molecule has 0 unspecified atom stereocenters. The fourth-order valence-electron chi connectivity index (χ4n) is 3.00. The fraction of sp³-hybridized carbons (Fsp3) is 0.368. The Labute approximate surface area is 132 Å². The van der Waals surface area contributed by atoms with Gasteiger partial charge >= 0.3 is 0 Å². The molecule has 0 amide bonds. The normalized spacial score (nSPS) is 22.0. The largest absolute Gasteiger partial charge is 0.391 e. The number of aliphatic hydroxyl groups excluding tert-OH is 1. The lowest BCUT2D eigenvalue weighted by molar-refractivity contribution is 0.0208. The van der Waals surface area contributed by atoms with Gasteiger partial charge < -0.3 is 9.84 Å². The highest BCUT2D eigenvalue weighted by Gasteiger charge is 2.32. The van der Waals surface area contributed by atoms with E-state index in [9.17, 15) is 5.11 Å². The summed E-state index contributed by atoms with van der Waals surface area (Å²) in [5.74, 6) is 0. The summed E-state index contributed by atoms with van der Waals surface area (Å²) in [6.45, 7) is 2.97. The lowest BCUT2D eigenvalue weighted by atomic mass is 10.1. The summed E-state index contributed by atoms with van der Waals surface area (Å²) in [5.41, 5.74) is 2.45. The molecule has 0 radical (unpaired) electrons. The van der Waals surface area contributed by atoms with Crippen LogP contribution >= 0.6 is 0 Å². The van der Waals surface area contributed by atoms with Crippen LogP contribution < -0.4 is 0 Å². The van der Waals surface area contributed by atoms with Crippen LogP contribution in [0.1, 0.15) is 17.5 Å². The van der Waals surface area contributed by atoms with Gasteiger partial charge in [0.25, 0.3) is 0 Å². The van der Waals surface area contributed by atoms with Crippen LogP contribution in [0.5, 0.6) is 0 Å². The molecule has 0 spiro atoms. The first kappa shape index (κ1) is 15.2. The van der Waals surface area contributed by atoms with E-state index in [1.165, 1.54) is 11.1 Å². The van der Waals surface area contributed by atoms with Crippen LogP contribution in [0.15, 0.2) is 60.7 Å². The lowest BCUT2D eigenvalue weighted by Gasteiger charge is -2.26. The van der Waals surface area contributed by atoms with Gasteiger partial charge in [-0.1, -0.05) is 60.7 Å². The van der Waals surface area contributed by atoms with E-state index in [-0.39, 0.29) is 12.1 Å². The second-order valence-corrected chi connectivity index (χ2v) is 5.88. The molecule has 1 heterocycles. The number of likely N-dealkylation sites (tertiary alicyclic amines) is 1. The van der Waals surface area contributed by atoms with Crippen molar-refractivity contribution in [3.8, 4) is 0 Å². The smallest absolute Gasteiger partial charge is 0.0730 e. The molecule has 116 valence electrons. The number of hydrogen-bond donors (Lipinski definition) is 1. The van der Waals surface area contributed by atoms with Crippen molar-refractivity contribution in [2.75, 3.05) is 13.2 Å². The Morgan fingerprint density at radius 1 is 0.955 bits per heavy atom. The van der Waals surface area contributed by atoms with Crippen LogP contribution in [0.3, 0.4) is 0 Å². The Balaban J connectivity index is 1.53. The molecule has 3 heteroatoms. The summed E-state index contributed by atoms with van der Waals surface area (Å²) in [5, 5.41) is 10.2. The number of hydrogen-bond acceptors (Lipinski definition) is 3. The van der Waals surface area contributed by atoms with Gasteiger partial charge in [-0.05, 0) is 17.5 Å². The Bertz CT molecular complexity index is 558. The predicted octanol–water partition coefficient (Wildman–Crippen LogP) is 2.84. The van der Waals surface area contributed by atoms with Crippen LogP contribution in [0, 0.1) is 0 Å². The maximum Gasteiger partial charge on any atom is 0.0730 e. The molecule has 2 atom stereocenters. The van der Waals surface area contributed by atoms with E-state index in [1.807, 2.05) is 24.3 Å². The highest BCUT2D eigenvalue weighted by Crippen LogP contribution is 2.21. The standard InChI is InChI=1S/C19H23NO2/c21-19-11-12-20(13-16-7-3-1-4-8-16)18(19)15-22-14-17-9-5-2-6-10-17/h1-10,18-19,21H,11-15H2/t18-,19+/m1/s1. The van der Waals surface area contributed by atoms with E-state index >= 15 is 0 Å².